The normalized spacial score (nSPS) is 19.2. The SMILES string of the molecule is CCCCCCCC=C1C(=O)C(Sc2ccccc2)=CC1(O)CCCCOc1ccccc1. The number of hydrogen-bond donors (Lipinski definition) is 1. The highest BCUT2D eigenvalue weighted by Crippen LogP contribution is 2.42. The van der Waals surface area contributed by atoms with Gasteiger partial charge in [-0.25, -0.2) is 0 Å². The first-order valence-corrected chi connectivity index (χ1v) is 13.1. The molecule has 0 heterocycles. The molecular formula is C29H36O3S. The van der Waals surface area contributed by atoms with Crippen molar-refractivity contribution in [2.24, 2.45) is 0 Å². The molecule has 1 aliphatic carbocycles. The third-order valence-corrected chi connectivity index (χ3v) is 6.93. The van der Waals surface area contributed by atoms with Crippen LogP contribution in [0, 0.1) is 0 Å². The van der Waals surface area contributed by atoms with Gasteiger partial charge in [-0.3, -0.25) is 4.79 Å². The number of para-hydroxylation sites is 1. The zero-order valence-electron chi connectivity index (χ0n) is 19.7. The summed E-state index contributed by atoms with van der Waals surface area (Å²) >= 11 is 1.44. The zero-order chi connectivity index (χ0) is 23.4. The molecule has 0 amide bonds. The van der Waals surface area contributed by atoms with Gasteiger partial charge in [0.15, 0.2) is 5.78 Å². The van der Waals surface area contributed by atoms with E-state index < -0.39 is 5.60 Å². The lowest BCUT2D eigenvalue weighted by molar-refractivity contribution is -0.112. The molecule has 1 N–H and O–H groups in total. The van der Waals surface area contributed by atoms with Crippen molar-refractivity contribution in [3.63, 3.8) is 0 Å². The summed E-state index contributed by atoms with van der Waals surface area (Å²) in [7, 11) is 0. The van der Waals surface area contributed by atoms with Crippen molar-refractivity contribution in [1.29, 1.82) is 0 Å². The Morgan fingerprint density at radius 2 is 1.61 bits per heavy atom. The van der Waals surface area contributed by atoms with Crippen LogP contribution in [0.1, 0.15) is 64.7 Å². The molecule has 0 aromatic heterocycles. The lowest BCUT2D eigenvalue weighted by atomic mass is 9.90. The number of ketones is 1. The number of unbranched alkanes of at least 4 members (excludes halogenated alkanes) is 6. The molecule has 1 aliphatic rings. The lowest BCUT2D eigenvalue weighted by Gasteiger charge is -2.22. The van der Waals surface area contributed by atoms with E-state index in [4.69, 9.17) is 4.74 Å². The van der Waals surface area contributed by atoms with Gasteiger partial charge in [-0.15, -0.1) is 0 Å². The molecule has 176 valence electrons. The Kier molecular flexibility index (Phi) is 10.3. The number of ether oxygens (including phenoxy) is 1. The van der Waals surface area contributed by atoms with Gasteiger partial charge in [-0.1, -0.05) is 86.8 Å². The molecule has 1 atom stereocenters. The van der Waals surface area contributed by atoms with Gasteiger partial charge in [-0.2, -0.15) is 0 Å². The molecule has 3 rings (SSSR count). The predicted octanol–water partition coefficient (Wildman–Crippen LogP) is 7.51. The second kappa shape index (κ2) is 13.4. The van der Waals surface area contributed by atoms with Crippen molar-refractivity contribution in [2.45, 2.75) is 75.2 Å². The van der Waals surface area contributed by atoms with E-state index in [9.17, 15) is 9.90 Å². The van der Waals surface area contributed by atoms with Crippen molar-refractivity contribution in [2.75, 3.05) is 6.61 Å². The summed E-state index contributed by atoms with van der Waals surface area (Å²) < 4.78 is 5.78. The summed E-state index contributed by atoms with van der Waals surface area (Å²) in [6.45, 7) is 2.81. The van der Waals surface area contributed by atoms with Gasteiger partial charge in [0.25, 0.3) is 0 Å². The van der Waals surface area contributed by atoms with E-state index in [-0.39, 0.29) is 5.78 Å². The summed E-state index contributed by atoms with van der Waals surface area (Å²) in [6.07, 6.45) is 12.7. The Morgan fingerprint density at radius 1 is 0.909 bits per heavy atom. The average Bonchev–Trinajstić information content (AvgIpc) is 3.06. The highest BCUT2D eigenvalue weighted by Gasteiger charge is 2.41. The molecule has 33 heavy (non-hydrogen) atoms. The van der Waals surface area contributed by atoms with Crippen LogP contribution in [0.2, 0.25) is 0 Å². The monoisotopic (exact) mass is 464 g/mol. The number of carbonyl (C=O) groups is 1. The maximum atomic E-state index is 13.2. The van der Waals surface area contributed by atoms with Gasteiger partial charge < -0.3 is 9.84 Å². The molecule has 2 aromatic carbocycles. The van der Waals surface area contributed by atoms with E-state index in [2.05, 4.69) is 6.92 Å². The number of Topliss-reactive ketones (excluding diaryl/α,β-unsaturated/α-hetero) is 1. The largest absolute Gasteiger partial charge is 0.494 e. The van der Waals surface area contributed by atoms with Gasteiger partial charge in [-0.05, 0) is 62.4 Å². The molecule has 3 nitrogen and oxygen atoms in total. The molecule has 2 aromatic rings. The Hall–Kier alpha value is -2.30. The van der Waals surface area contributed by atoms with E-state index in [1.807, 2.05) is 66.7 Å². The molecule has 0 spiro atoms. The summed E-state index contributed by atoms with van der Waals surface area (Å²) in [6, 6.07) is 19.7. The minimum atomic E-state index is -1.19. The van der Waals surface area contributed by atoms with Crippen LogP contribution >= 0.6 is 11.8 Å². The quantitative estimate of drug-likeness (QED) is 0.232. The Bertz CT molecular complexity index is 920. The van der Waals surface area contributed by atoms with Crippen molar-refractivity contribution in [3.05, 3.63) is 83.3 Å². The third kappa shape index (κ3) is 7.90. The number of carbonyl (C=O) groups excluding carboxylic acids is 1. The average molecular weight is 465 g/mol. The summed E-state index contributed by atoms with van der Waals surface area (Å²) in [4.78, 5) is 14.9. The molecule has 0 radical (unpaired) electrons. The molecule has 0 saturated carbocycles. The second-order valence-corrected chi connectivity index (χ2v) is 9.73. The van der Waals surface area contributed by atoms with Gasteiger partial charge >= 0.3 is 0 Å². The van der Waals surface area contributed by atoms with Crippen molar-refractivity contribution in [1.82, 2.24) is 0 Å². The molecule has 0 bridgehead atoms. The van der Waals surface area contributed by atoms with E-state index >= 15 is 0 Å². The van der Waals surface area contributed by atoms with Gasteiger partial charge in [0.2, 0.25) is 0 Å². The van der Waals surface area contributed by atoms with Crippen molar-refractivity contribution >= 4 is 17.5 Å². The first kappa shape index (κ1) is 25.3. The lowest BCUT2D eigenvalue weighted by Crippen LogP contribution is -2.28. The summed E-state index contributed by atoms with van der Waals surface area (Å²) in [5, 5.41) is 11.5. The van der Waals surface area contributed by atoms with Crippen molar-refractivity contribution in [3.8, 4) is 5.75 Å². The van der Waals surface area contributed by atoms with E-state index in [0.717, 1.165) is 36.3 Å². The van der Waals surface area contributed by atoms with Crippen LogP contribution in [0.3, 0.4) is 0 Å². The predicted molar refractivity (Wildman–Crippen MR) is 138 cm³/mol. The molecule has 1 unspecified atom stereocenters. The topological polar surface area (TPSA) is 46.5 Å². The number of hydrogen-bond acceptors (Lipinski definition) is 4. The summed E-state index contributed by atoms with van der Waals surface area (Å²) in [5.74, 6) is 0.831. The van der Waals surface area contributed by atoms with Crippen LogP contribution < -0.4 is 4.74 Å². The number of aliphatic hydroxyl groups is 1. The highest BCUT2D eigenvalue weighted by molar-refractivity contribution is 8.04. The summed E-state index contributed by atoms with van der Waals surface area (Å²) in [5.41, 5.74) is -0.634. The smallest absolute Gasteiger partial charge is 0.198 e. The standard InChI is InChI=1S/C29H36O3S/c1-2-3-4-5-6-13-20-26-28(30)27(33-25-18-11-8-12-19-25)23-29(26,31)21-14-15-22-32-24-16-9-7-10-17-24/h7-12,16-20,23,31H,2-6,13-15,21-22H2,1H3. The highest BCUT2D eigenvalue weighted by atomic mass is 32.2. The molecule has 0 aliphatic heterocycles. The second-order valence-electron chi connectivity index (χ2n) is 8.62. The van der Waals surface area contributed by atoms with E-state index in [1.165, 1.54) is 37.4 Å². The molecule has 0 saturated heterocycles. The minimum absolute atomic E-state index is 0.0274. The maximum absolute atomic E-state index is 13.2. The van der Waals surface area contributed by atoms with Crippen LogP contribution in [0.4, 0.5) is 0 Å². The fourth-order valence-electron chi connectivity index (χ4n) is 4.05. The molecular weight excluding hydrogens is 428 g/mol. The van der Waals surface area contributed by atoms with E-state index in [1.54, 1.807) is 6.08 Å². The van der Waals surface area contributed by atoms with Gasteiger partial charge in [0.1, 0.15) is 11.4 Å². The number of rotatable bonds is 14. The first-order valence-electron chi connectivity index (χ1n) is 12.2. The first-order chi connectivity index (χ1) is 16.1. The van der Waals surface area contributed by atoms with Crippen LogP contribution in [-0.4, -0.2) is 23.1 Å². The Balaban J connectivity index is 1.61. The third-order valence-electron chi connectivity index (χ3n) is 5.90. The Morgan fingerprint density at radius 3 is 2.33 bits per heavy atom. The van der Waals surface area contributed by atoms with Crippen LogP contribution in [-0.2, 0) is 4.79 Å². The number of allylic oxidation sites excluding steroid dienone is 2. The van der Waals surface area contributed by atoms with Gasteiger partial charge in [0, 0.05) is 10.5 Å². The number of benzene rings is 2. The maximum Gasteiger partial charge on any atom is 0.198 e. The van der Waals surface area contributed by atoms with E-state index in [0.29, 0.717) is 23.5 Å². The number of thioether (sulfide) groups is 1. The fourth-order valence-corrected chi connectivity index (χ4v) is 5.06. The Labute approximate surface area is 202 Å². The minimum Gasteiger partial charge on any atom is -0.494 e. The molecule has 4 heteroatoms. The molecule has 0 fully saturated rings. The zero-order valence-corrected chi connectivity index (χ0v) is 20.5. The van der Waals surface area contributed by atoms with Gasteiger partial charge in [0.05, 0.1) is 11.5 Å². The van der Waals surface area contributed by atoms with Crippen LogP contribution in [0.15, 0.2) is 88.2 Å². The van der Waals surface area contributed by atoms with Crippen LogP contribution in [0.5, 0.6) is 5.75 Å². The van der Waals surface area contributed by atoms with Crippen LogP contribution in [0.25, 0.3) is 0 Å². The van der Waals surface area contributed by atoms with Crippen molar-refractivity contribution < 1.29 is 14.6 Å². The fraction of sp³-hybridized carbons (Fsp3) is 0.414.